The topological polar surface area (TPSA) is 115 Å². The molecule has 8 nitrogen and oxygen atoms in total. The van der Waals surface area contributed by atoms with Crippen LogP contribution in [0, 0.1) is 0 Å². The first-order valence-corrected chi connectivity index (χ1v) is 12.1. The molecule has 13 heteroatoms. The average Bonchev–Trinajstić information content (AvgIpc) is 3.24. The summed E-state index contributed by atoms with van der Waals surface area (Å²) < 4.78 is 31.7. The minimum atomic E-state index is -5.08. The van der Waals surface area contributed by atoms with Crippen molar-refractivity contribution in [3.05, 3.63) is 68.3 Å². The number of halogens is 5. The summed E-state index contributed by atoms with van der Waals surface area (Å²) in [5.74, 6) is -1.74. The lowest BCUT2D eigenvalue weighted by atomic mass is 9.95. The van der Waals surface area contributed by atoms with Crippen LogP contribution in [-0.4, -0.2) is 62.0 Å². The molecule has 2 aromatic carbocycles. The minimum absolute atomic E-state index is 0.159. The molecule has 3 N–H and O–H groups in total. The number of H-pyrrole nitrogens is 2. The van der Waals surface area contributed by atoms with Crippen LogP contribution in [0.15, 0.2) is 41.2 Å². The van der Waals surface area contributed by atoms with E-state index in [1.165, 1.54) is 0 Å². The smallest absolute Gasteiger partial charge is 0.475 e. The van der Waals surface area contributed by atoms with Gasteiger partial charge in [0.1, 0.15) is 5.82 Å². The summed E-state index contributed by atoms with van der Waals surface area (Å²) in [5.41, 5.74) is 2.56. The molecule has 2 aromatic heterocycles. The number of alkyl halides is 3. The number of piperidine rings is 1. The number of benzene rings is 2. The number of aromatic nitrogens is 4. The number of hydrogen-bond acceptors (Lipinski definition) is 5. The lowest BCUT2D eigenvalue weighted by molar-refractivity contribution is -0.192. The van der Waals surface area contributed by atoms with Gasteiger partial charge in [-0.25, -0.2) is 9.78 Å². The third-order valence-corrected chi connectivity index (χ3v) is 6.74. The van der Waals surface area contributed by atoms with Crippen LogP contribution in [0.2, 0.25) is 10.0 Å². The van der Waals surface area contributed by atoms with E-state index in [9.17, 15) is 18.0 Å². The molecule has 0 bridgehead atoms. The molecule has 1 aliphatic rings. The Labute approximate surface area is 218 Å². The zero-order valence-electron chi connectivity index (χ0n) is 19.3. The van der Waals surface area contributed by atoms with E-state index in [4.69, 9.17) is 38.1 Å². The highest BCUT2D eigenvalue weighted by molar-refractivity contribution is 6.35. The molecule has 0 amide bonds. The number of carboxylic acid groups (broad SMARTS) is 1. The number of nitrogens with one attached hydrogen (secondary N) is 2. The Morgan fingerprint density at radius 2 is 1.84 bits per heavy atom. The first kappa shape index (κ1) is 26.9. The van der Waals surface area contributed by atoms with Crippen molar-refractivity contribution in [2.24, 2.45) is 0 Å². The monoisotopic (exact) mass is 555 g/mol. The number of carboxylic acids is 1. The van der Waals surface area contributed by atoms with Gasteiger partial charge in [0.15, 0.2) is 0 Å². The SMILES string of the molecule is O=C(O)C(F)(F)F.O=c1[nH]c(C2CCN(CCc3[nH]nc4ccc(Cl)cc34)CC2)nc2cccc(Cl)c12. The van der Waals surface area contributed by atoms with Gasteiger partial charge >= 0.3 is 12.1 Å². The van der Waals surface area contributed by atoms with E-state index in [2.05, 4.69) is 20.1 Å². The van der Waals surface area contributed by atoms with Crippen LogP contribution in [0.4, 0.5) is 13.2 Å². The summed E-state index contributed by atoms with van der Waals surface area (Å²) in [6, 6.07) is 11.2. The van der Waals surface area contributed by atoms with Gasteiger partial charge in [-0.1, -0.05) is 29.3 Å². The van der Waals surface area contributed by atoms with Crippen LogP contribution in [0.25, 0.3) is 21.8 Å². The van der Waals surface area contributed by atoms with E-state index in [1.807, 2.05) is 30.3 Å². The van der Waals surface area contributed by atoms with Crippen molar-refractivity contribution < 1.29 is 23.1 Å². The van der Waals surface area contributed by atoms with Crippen LogP contribution in [0.1, 0.15) is 30.3 Å². The highest BCUT2D eigenvalue weighted by Gasteiger charge is 2.38. The summed E-state index contributed by atoms with van der Waals surface area (Å²) >= 11 is 12.3. The van der Waals surface area contributed by atoms with E-state index in [-0.39, 0.29) is 11.5 Å². The maximum absolute atomic E-state index is 12.5. The van der Waals surface area contributed by atoms with Gasteiger partial charge in [-0.3, -0.25) is 9.89 Å². The summed E-state index contributed by atoms with van der Waals surface area (Å²) in [6.45, 7) is 2.89. The minimum Gasteiger partial charge on any atom is -0.475 e. The zero-order chi connectivity index (χ0) is 26.7. The van der Waals surface area contributed by atoms with Gasteiger partial charge < -0.3 is 15.0 Å². The maximum atomic E-state index is 12.5. The van der Waals surface area contributed by atoms with Gasteiger partial charge in [0, 0.05) is 35.0 Å². The fourth-order valence-corrected chi connectivity index (χ4v) is 4.71. The molecule has 0 unspecified atom stereocenters. The van der Waals surface area contributed by atoms with Crippen molar-refractivity contribution in [1.29, 1.82) is 0 Å². The highest BCUT2D eigenvalue weighted by Crippen LogP contribution is 2.27. The van der Waals surface area contributed by atoms with E-state index in [1.54, 1.807) is 6.07 Å². The van der Waals surface area contributed by atoms with Crippen molar-refractivity contribution in [3.8, 4) is 0 Å². The van der Waals surface area contributed by atoms with Crippen molar-refractivity contribution in [2.45, 2.75) is 31.4 Å². The van der Waals surface area contributed by atoms with Gasteiger partial charge in [0.05, 0.1) is 21.4 Å². The second-order valence-electron chi connectivity index (χ2n) is 8.62. The summed E-state index contributed by atoms with van der Waals surface area (Å²) in [7, 11) is 0. The van der Waals surface area contributed by atoms with Crippen molar-refractivity contribution in [1.82, 2.24) is 25.1 Å². The predicted molar refractivity (Wildman–Crippen MR) is 134 cm³/mol. The molecule has 1 fully saturated rings. The highest BCUT2D eigenvalue weighted by atomic mass is 35.5. The molecule has 0 saturated carbocycles. The molecule has 0 atom stereocenters. The number of aliphatic carboxylic acids is 1. The standard InChI is InChI=1S/C22H21Cl2N5O.C2HF3O2/c23-14-4-5-17-15(12-14)18(28-27-17)8-11-29-9-6-13(7-10-29)21-25-19-3-1-2-16(24)20(19)22(30)26-21;3-2(4,5)1(6)7/h1-5,12-13H,6-11H2,(H,27,28)(H,25,26,30);(H,6,7). The first-order chi connectivity index (χ1) is 17.5. The molecule has 37 heavy (non-hydrogen) atoms. The van der Waals surface area contributed by atoms with Gasteiger partial charge in [0.2, 0.25) is 0 Å². The number of nitrogens with zero attached hydrogens (tertiary/aromatic N) is 3. The van der Waals surface area contributed by atoms with Gasteiger partial charge in [-0.05, 0) is 56.3 Å². The Kier molecular flexibility index (Phi) is 8.05. The number of carbonyl (C=O) groups is 1. The fraction of sp³-hybridized carbons (Fsp3) is 0.333. The van der Waals surface area contributed by atoms with Crippen molar-refractivity contribution >= 4 is 51.0 Å². The molecule has 3 heterocycles. The van der Waals surface area contributed by atoms with Crippen LogP contribution in [0.3, 0.4) is 0 Å². The number of likely N-dealkylation sites (tertiary alicyclic amines) is 1. The van der Waals surface area contributed by atoms with E-state index >= 15 is 0 Å². The van der Waals surface area contributed by atoms with Crippen molar-refractivity contribution in [3.63, 3.8) is 0 Å². The van der Waals surface area contributed by atoms with Gasteiger partial charge in [-0.2, -0.15) is 18.3 Å². The lowest BCUT2D eigenvalue weighted by Gasteiger charge is -2.31. The van der Waals surface area contributed by atoms with Crippen LogP contribution < -0.4 is 5.56 Å². The Bertz CT molecular complexity index is 1480. The van der Waals surface area contributed by atoms with Crippen LogP contribution in [0.5, 0.6) is 0 Å². The third-order valence-electron chi connectivity index (χ3n) is 6.19. The average molecular weight is 556 g/mol. The molecule has 0 aliphatic carbocycles. The number of fused-ring (bicyclic) bond motifs is 2. The first-order valence-electron chi connectivity index (χ1n) is 11.4. The Balaban J connectivity index is 0.000000405. The summed E-state index contributed by atoms with van der Waals surface area (Å²) in [4.78, 5) is 31.5. The molecular weight excluding hydrogens is 534 g/mol. The maximum Gasteiger partial charge on any atom is 0.490 e. The molecule has 1 aliphatic heterocycles. The molecule has 0 radical (unpaired) electrons. The molecule has 1 saturated heterocycles. The van der Waals surface area contributed by atoms with E-state index in [0.29, 0.717) is 15.9 Å². The molecular formula is C24H22Cl2F3N5O3. The number of hydrogen-bond donors (Lipinski definition) is 3. The second kappa shape index (κ2) is 11.1. The van der Waals surface area contributed by atoms with E-state index in [0.717, 1.165) is 66.3 Å². The normalized spacial score (nSPS) is 15.1. The molecule has 196 valence electrons. The Morgan fingerprint density at radius 3 is 2.51 bits per heavy atom. The quantitative estimate of drug-likeness (QED) is 0.320. The Morgan fingerprint density at radius 1 is 1.14 bits per heavy atom. The summed E-state index contributed by atoms with van der Waals surface area (Å²) in [5, 5.41) is 17.4. The second-order valence-corrected chi connectivity index (χ2v) is 9.46. The van der Waals surface area contributed by atoms with Crippen molar-refractivity contribution in [2.75, 3.05) is 19.6 Å². The van der Waals surface area contributed by atoms with Crippen LogP contribution >= 0.6 is 23.2 Å². The van der Waals surface area contributed by atoms with Gasteiger partial charge in [0.25, 0.3) is 5.56 Å². The third kappa shape index (κ3) is 6.41. The zero-order valence-corrected chi connectivity index (χ0v) is 20.8. The lowest BCUT2D eigenvalue weighted by Crippen LogP contribution is -2.35. The molecule has 0 spiro atoms. The molecule has 4 aromatic rings. The fourth-order valence-electron chi connectivity index (χ4n) is 4.29. The summed E-state index contributed by atoms with van der Waals surface area (Å²) in [6.07, 6.45) is -2.26. The van der Waals surface area contributed by atoms with Gasteiger partial charge in [-0.15, -0.1) is 0 Å². The Hall–Kier alpha value is -3.15. The predicted octanol–water partition coefficient (Wildman–Crippen LogP) is 5.16. The van der Waals surface area contributed by atoms with Crippen LogP contribution in [-0.2, 0) is 11.2 Å². The largest absolute Gasteiger partial charge is 0.490 e. The number of rotatable bonds is 4. The molecule has 5 rings (SSSR count). The van der Waals surface area contributed by atoms with E-state index < -0.39 is 12.1 Å². The number of aromatic amines is 2.